The molecule has 2 saturated carbocycles. The van der Waals surface area contributed by atoms with E-state index in [1.165, 1.54) is 19.3 Å². The SMILES string of the molecule is FC1(F)CCC(CNC2CCC2)CC1. The summed E-state index contributed by atoms with van der Waals surface area (Å²) in [7, 11) is 0. The van der Waals surface area contributed by atoms with Crippen molar-refractivity contribution in [3.63, 3.8) is 0 Å². The van der Waals surface area contributed by atoms with Crippen molar-refractivity contribution in [1.82, 2.24) is 5.32 Å². The molecule has 0 unspecified atom stereocenters. The molecule has 0 aromatic heterocycles. The second kappa shape index (κ2) is 4.13. The van der Waals surface area contributed by atoms with Crippen LogP contribution in [0.25, 0.3) is 0 Å². The summed E-state index contributed by atoms with van der Waals surface area (Å²) in [4.78, 5) is 0. The van der Waals surface area contributed by atoms with Gasteiger partial charge in [0.1, 0.15) is 0 Å². The number of alkyl halides is 2. The smallest absolute Gasteiger partial charge is 0.248 e. The van der Waals surface area contributed by atoms with Crippen LogP contribution in [0.3, 0.4) is 0 Å². The lowest BCUT2D eigenvalue weighted by molar-refractivity contribution is -0.0458. The van der Waals surface area contributed by atoms with Gasteiger partial charge in [-0.05, 0) is 38.1 Å². The molecule has 82 valence electrons. The Morgan fingerprint density at radius 1 is 1.07 bits per heavy atom. The third-order valence-electron chi connectivity index (χ3n) is 3.64. The van der Waals surface area contributed by atoms with Crippen molar-refractivity contribution < 1.29 is 8.78 Å². The van der Waals surface area contributed by atoms with Gasteiger partial charge in [0.05, 0.1) is 0 Å². The van der Waals surface area contributed by atoms with Gasteiger partial charge < -0.3 is 5.32 Å². The molecule has 2 fully saturated rings. The maximum atomic E-state index is 12.8. The fourth-order valence-electron chi connectivity index (χ4n) is 2.25. The maximum Gasteiger partial charge on any atom is 0.248 e. The van der Waals surface area contributed by atoms with E-state index in [1.54, 1.807) is 0 Å². The Labute approximate surface area is 84.3 Å². The topological polar surface area (TPSA) is 12.0 Å². The predicted octanol–water partition coefficient (Wildman–Crippen LogP) is 2.95. The predicted molar refractivity (Wildman–Crippen MR) is 52.5 cm³/mol. The van der Waals surface area contributed by atoms with Crippen LogP contribution in [0, 0.1) is 5.92 Å². The van der Waals surface area contributed by atoms with Crippen molar-refractivity contribution in [2.75, 3.05) is 6.54 Å². The van der Waals surface area contributed by atoms with Crippen molar-refractivity contribution in [1.29, 1.82) is 0 Å². The third kappa shape index (κ3) is 2.66. The van der Waals surface area contributed by atoms with Gasteiger partial charge in [-0.3, -0.25) is 0 Å². The Morgan fingerprint density at radius 3 is 2.21 bits per heavy atom. The van der Waals surface area contributed by atoms with E-state index in [0.29, 0.717) is 24.8 Å². The molecule has 1 N–H and O–H groups in total. The minimum absolute atomic E-state index is 0.101. The molecule has 1 nitrogen and oxygen atoms in total. The fourth-order valence-corrected chi connectivity index (χ4v) is 2.25. The third-order valence-corrected chi connectivity index (χ3v) is 3.64. The zero-order valence-electron chi connectivity index (χ0n) is 8.57. The second-order valence-electron chi connectivity index (χ2n) is 4.84. The van der Waals surface area contributed by atoms with Crippen LogP contribution in [0.15, 0.2) is 0 Å². The van der Waals surface area contributed by atoms with Crippen molar-refractivity contribution in [2.45, 2.75) is 56.9 Å². The van der Waals surface area contributed by atoms with Gasteiger partial charge in [-0.15, -0.1) is 0 Å². The highest BCUT2D eigenvalue weighted by atomic mass is 19.3. The normalized spacial score (nSPS) is 28.7. The summed E-state index contributed by atoms with van der Waals surface area (Å²) < 4.78 is 25.7. The Bertz CT molecular complexity index is 180. The summed E-state index contributed by atoms with van der Waals surface area (Å²) in [5.41, 5.74) is 0. The van der Waals surface area contributed by atoms with E-state index in [0.717, 1.165) is 6.54 Å². The van der Waals surface area contributed by atoms with Crippen LogP contribution in [-0.2, 0) is 0 Å². The first kappa shape index (κ1) is 10.3. The molecule has 2 aliphatic carbocycles. The monoisotopic (exact) mass is 203 g/mol. The van der Waals surface area contributed by atoms with E-state index >= 15 is 0 Å². The molecule has 3 heteroatoms. The second-order valence-corrected chi connectivity index (χ2v) is 4.84. The molecule has 0 aliphatic heterocycles. The lowest BCUT2D eigenvalue weighted by Gasteiger charge is -2.32. The van der Waals surface area contributed by atoms with Gasteiger partial charge in [-0.2, -0.15) is 0 Å². The van der Waals surface area contributed by atoms with E-state index in [2.05, 4.69) is 5.32 Å². The fraction of sp³-hybridized carbons (Fsp3) is 1.00. The van der Waals surface area contributed by atoms with Gasteiger partial charge in [0.2, 0.25) is 5.92 Å². The molecule has 0 atom stereocenters. The van der Waals surface area contributed by atoms with Crippen LogP contribution in [-0.4, -0.2) is 18.5 Å². The van der Waals surface area contributed by atoms with Crippen molar-refractivity contribution >= 4 is 0 Å². The highest BCUT2D eigenvalue weighted by molar-refractivity contribution is 4.82. The summed E-state index contributed by atoms with van der Waals surface area (Å²) in [5, 5.41) is 3.47. The standard InChI is InChI=1S/C11H19F2N/c12-11(13)6-4-9(5-7-11)8-14-10-2-1-3-10/h9-10,14H,1-8H2. The van der Waals surface area contributed by atoms with Gasteiger partial charge in [-0.1, -0.05) is 6.42 Å². The van der Waals surface area contributed by atoms with Crippen molar-refractivity contribution in [2.24, 2.45) is 5.92 Å². The highest BCUT2D eigenvalue weighted by Crippen LogP contribution is 2.36. The van der Waals surface area contributed by atoms with Crippen LogP contribution in [0.1, 0.15) is 44.9 Å². The molecule has 0 heterocycles. The Morgan fingerprint density at radius 2 is 1.71 bits per heavy atom. The largest absolute Gasteiger partial charge is 0.314 e. The van der Waals surface area contributed by atoms with Crippen molar-refractivity contribution in [3.05, 3.63) is 0 Å². The van der Waals surface area contributed by atoms with E-state index in [1.807, 2.05) is 0 Å². The minimum atomic E-state index is -2.37. The van der Waals surface area contributed by atoms with E-state index in [9.17, 15) is 8.78 Å². The van der Waals surface area contributed by atoms with Crippen molar-refractivity contribution in [3.8, 4) is 0 Å². The van der Waals surface area contributed by atoms with Crippen LogP contribution < -0.4 is 5.32 Å². The molecular formula is C11H19F2N. The summed E-state index contributed by atoms with van der Waals surface area (Å²) in [6.45, 7) is 0.959. The number of rotatable bonds is 3. The summed E-state index contributed by atoms with van der Waals surface area (Å²) in [6.07, 6.45) is 5.50. The average molecular weight is 203 g/mol. The molecule has 0 amide bonds. The lowest BCUT2D eigenvalue weighted by atomic mass is 9.85. The Balaban J connectivity index is 1.63. The van der Waals surface area contributed by atoms with Gasteiger partial charge in [-0.25, -0.2) is 8.78 Å². The van der Waals surface area contributed by atoms with Gasteiger partial charge in [0.25, 0.3) is 0 Å². The first-order valence-electron chi connectivity index (χ1n) is 5.77. The molecule has 0 aromatic rings. The molecule has 2 rings (SSSR count). The number of halogens is 2. The summed E-state index contributed by atoms with van der Waals surface area (Å²) in [6, 6.07) is 0.692. The molecule has 0 aromatic carbocycles. The van der Waals surface area contributed by atoms with Gasteiger partial charge in [0.15, 0.2) is 0 Å². The summed E-state index contributed by atoms with van der Waals surface area (Å²) in [5.74, 6) is -1.87. The van der Waals surface area contributed by atoms with Gasteiger partial charge >= 0.3 is 0 Å². The number of hydrogen-bond acceptors (Lipinski definition) is 1. The quantitative estimate of drug-likeness (QED) is 0.743. The maximum absolute atomic E-state index is 12.8. The molecule has 2 aliphatic rings. The lowest BCUT2D eigenvalue weighted by Crippen LogP contribution is -2.39. The van der Waals surface area contributed by atoms with E-state index < -0.39 is 5.92 Å². The molecule has 0 radical (unpaired) electrons. The number of nitrogens with one attached hydrogen (secondary N) is 1. The first-order valence-corrected chi connectivity index (χ1v) is 5.77. The molecular weight excluding hydrogens is 184 g/mol. The highest BCUT2D eigenvalue weighted by Gasteiger charge is 2.34. The Hall–Kier alpha value is -0.180. The van der Waals surface area contributed by atoms with E-state index in [-0.39, 0.29) is 12.8 Å². The number of hydrogen-bond donors (Lipinski definition) is 1. The first-order chi connectivity index (χ1) is 6.66. The van der Waals surface area contributed by atoms with Crippen LogP contribution >= 0.6 is 0 Å². The van der Waals surface area contributed by atoms with Crippen LogP contribution in [0.2, 0.25) is 0 Å². The molecule has 0 bridgehead atoms. The summed E-state index contributed by atoms with van der Waals surface area (Å²) >= 11 is 0. The zero-order chi connectivity index (χ0) is 10.0. The average Bonchev–Trinajstić information content (AvgIpc) is 2.05. The zero-order valence-corrected chi connectivity index (χ0v) is 8.57. The Kier molecular flexibility index (Phi) is 3.05. The molecule has 14 heavy (non-hydrogen) atoms. The van der Waals surface area contributed by atoms with Gasteiger partial charge in [0, 0.05) is 18.9 Å². The van der Waals surface area contributed by atoms with Crippen LogP contribution in [0.4, 0.5) is 8.78 Å². The van der Waals surface area contributed by atoms with Crippen LogP contribution in [0.5, 0.6) is 0 Å². The van der Waals surface area contributed by atoms with E-state index in [4.69, 9.17) is 0 Å². The minimum Gasteiger partial charge on any atom is -0.314 e. The molecule has 0 spiro atoms. The molecule has 0 saturated heterocycles.